The van der Waals surface area contributed by atoms with Crippen LogP contribution in [-0.4, -0.2) is 24.1 Å². The average Bonchev–Trinajstić information content (AvgIpc) is 2.66. The van der Waals surface area contributed by atoms with Gasteiger partial charge in [0.25, 0.3) is 0 Å². The van der Waals surface area contributed by atoms with Crippen LogP contribution in [0.5, 0.6) is 0 Å². The topological polar surface area (TPSA) is 37.0 Å². The van der Waals surface area contributed by atoms with Crippen molar-refractivity contribution in [2.24, 2.45) is 0 Å². The fourth-order valence-corrected chi connectivity index (χ4v) is 2.72. The highest BCUT2D eigenvalue weighted by Gasteiger charge is 2.11. The van der Waals surface area contributed by atoms with Crippen molar-refractivity contribution in [2.75, 3.05) is 13.1 Å². The second kappa shape index (κ2) is 5.58. The van der Waals surface area contributed by atoms with Gasteiger partial charge in [-0.15, -0.1) is 11.3 Å². The molecule has 0 spiro atoms. The quantitative estimate of drug-likeness (QED) is 0.818. The van der Waals surface area contributed by atoms with Crippen molar-refractivity contribution < 1.29 is 0 Å². The summed E-state index contributed by atoms with van der Waals surface area (Å²) >= 11 is 1.78. The Morgan fingerprint density at radius 2 is 2.53 bits per heavy atom. The van der Waals surface area contributed by atoms with Crippen LogP contribution in [0.4, 0.5) is 0 Å². The lowest BCUT2D eigenvalue weighted by Gasteiger charge is -2.23. The molecule has 1 aliphatic rings. The van der Waals surface area contributed by atoms with Crippen molar-refractivity contribution in [1.29, 1.82) is 0 Å². The summed E-state index contributed by atoms with van der Waals surface area (Å²) in [5.41, 5.74) is 0. The zero-order valence-electron chi connectivity index (χ0n) is 9.25. The number of thiazole rings is 1. The van der Waals surface area contributed by atoms with Crippen molar-refractivity contribution in [2.45, 2.75) is 38.8 Å². The average molecular weight is 225 g/mol. The van der Waals surface area contributed by atoms with Crippen molar-refractivity contribution in [3.63, 3.8) is 0 Å². The minimum Gasteiger partial charge on any atom is -0.313 e. The minimum atomic E-state index is 0.674. The Kier molecular flexibility index (Phi) is 4.11. The van der Waals surface area contributed by atoms with E-state index in [1.165, 1.54) is 30.7 Å². The van der Waals surface area contributed by atoms with E-state index in [2.05, 4.69) is 22.5 Å². The van der Waals surface area contributed by atoms with E-state index in [4.69, 9.17) is 0 Å². The molecule has 1 unspecified atom stereocenters. The lowest BCUT2D eigenvalue weighted by atomic mass is 10.1. The maximum Gasteiger partial charge on any atom is 0.0897 e. The fourth-order valence-electron chi connectivity index (χ4n) is 1.95. The molecule has 1 aromatic heterocycles. The molecule has 1 saturated heterocycles. The molecule has 2 heterocycles. The summed E-state index contributed by atoms with van der Waals surface area (Å²) in [6, 6.07) is 0.674. The number of aromatic nitrogens is 1. The van der Waals surface area contributed by atoms with Crippen molar-refractivity contribution in [1.82, 2.24) is 15.6 Å². The Morgan fingerprint density at radius 1 is 1.60 bits per heavy atom. The second-order valence-electron chi connectivity index (χ2n) is 4.12. The van der Waals surface area contributed by atoms with Gasteiger partial charge in [-0.05, 0) is 26.3 Å². The van der Waals surface area contributed by atoms with E-state index in [0.717, 1.165) is 18.1 Å². The Hall–Kier alpha value is -0.450. The first-order valence-corrected chi connectivity index (χ1v) is 6.51. The molecule has 0 aliphatic carbocycles. The lowest BCUT2D eigenvalue weighted by molar-refractivity contribution is 0.383. The third-order valence-electron chi connectivity index (χ3n) is 2.77. The number of piperidine rings is 1. The predicted molar refractivity (Wildman–Crippen MR) is 64.2 cm³/mol. The molecule has 1 aliphatic heterocycles. The van der Waals surface area contributed by atoms with Gasteiger partial charge in [0.1, 0.15) is 0 Å². The largest absolute Gasteiger partial charge is 0.313 e. The Labute approximate surface area is 95.3 Å². The van der Waals surface area contributed by atoms with Gasteiger partial charge in [0.15, 0.2) is 0 Å². The van der Waals surface area contributed by atoms with Crippen molar-refractivity contribution >= 4 is 11.3 Å². The lowest BCUT2D eigenvalue weighted by Crippen LogP contribution is -2.41. The van der Waals surface area contributed by atoms with Crippen LogP contribution in [0.15, 0.2) is 6.20 Å². The Bertz CT molecular complexity index is 292. The highest BCUT2D eigenvalue weighted by Crippen LogP contribution is 2.11. The van der Waals surface area contributed by atoms with Crippen LogP contribution in [0.25, 0.3) is 0 Å². The SMILES string of the molecule is Cc1ncc(CNCC2CCCCN2)s1. The molecule has 1 aromatic rings. The number of hydrogen-bond donors (Lipinski definition) is 2. The zero-order valence-corrected chi connectivity index (χ0v) is 10.1. The van der Waals surface area contributed by atoms with E-state index in [1.807, 2.05) is 6.20 Å². The van der Waals surface area contributed by atoms with E-state index >= 15 is 0 Å². The molecule has 0 radical (unpaired) electrons. The summed E-state index contributed by atoms with van der Waals surface area (Å²) in [5, 5.41) is 8.18. The van der Waals surface area contributed by atoms with Crippen LogP contribution >= 0.6 is 11.3 Å². The number of nitrogens with one attached hydrogen (secondary N) is 2. The van der Waals surface area contributed by atoms with Gasteiger partial charge in [0.05, 0.1) is 5.01 Å². The molecular weight excluding hydrogens is 206 g/mol. The molecule has 0 amide bonds. The van der Waals surface area contributed by atoms with Gasteiger partial charge in [-0.1, -0.05) is 6.42 Å². The highest BCUT2D eigenvalue weighted by molar-refractivity contribution is 7.11. The molecule has 2 N–H and O–H groups in total. The molecule has 84 valence electrons. The second-order valence-corrected chi connectivity index (χ2v) is 5.44. The summed E-state index contributed by atoms with van der Waals surface area (Å²) in [6.07, 6.45) is 6.00. The molecule has 0 saturated carbocycles. The molecule has 3 nitrogen and oxygen atoms in total. The first-order valence-electron chi connectivity index (χ1n) is 5.70. The van der Waals surface area contributed by atoms with Crippen LogP contribution in [0, 0.1) is 6.92 Å². The van der Waals surface area contributed by atoms with E-state index < -0.39 is 0 Å². The fraction of sp³-hybridized carbons (Fsp3) is 0.727. The van der Waals surface area contributed by atoms with Crippen LogP contribution in [0.2, 0.25) is 0 Å². The third-order valence-corrected chi connectivity index (χ3v) is 3.68. The Balaban J connectivity index is 1.65. The van der Waals surface area contributed by atoms with Crippen LogP contribution in [0.3, 0.4) is 0 Å². The van der Waals surface area contributed by atoms with Crippen LogP contribution in [0.1, 0.15) is 29.1 Å². The number of nitrogens with zero attached hydrogens (tertiary/aromatic N) is 1. The van der Waals surface area contributed by atoms with E-state index in [0.29, 0.717) is 6.04 Å². The maximum absolute atomic E-state index is 4.24. The summed E-state index contributed by atoms with van der Waals surface area (Å²) in [4.78, 5) is 5.58. The van der Waals surface area contributed by atoms with E-state index in [-0.39, 0.29) is 0 Å². The van der Waals surface area contributed by atoms with E-state index in [1.54, 1.807) is 11.3 Å². The van der Waals surface area contributed by atoms with Gasteiger partial charge in [-0.25, -0.2) is 4.98 Å². The van der Waals surface area contributed by atoms with Gasteiger partial charge in [-0.2, -0.15) is 0 Å². The van der Waals surface area contributed by atoms with Crippen molar-refractivity contribution in [3.05, 3.63) is 16.1 Å². The van der Waals surface area contributed by atoms with Crippen molar-refractivity contribution in [3.8, 4) is 0 Å². The summed E-state index contributed by atoms with van der Waals surface area (Å²) in [7, 11) is 0. The standard InChI is InChI=1S/C11H19N3S/c1-9-14-8-11(15-9)7-12-6-10-4-2-3-5-13-10/h8,10,12-13H,2-7H2,1H3. The molecule has 1 fully saturated rings. The first-order chi connectivity index (χ1) is 7.34. The number of hydrogen-bond acceptors (Lipinski definition) is 4. The highest BCUT2D eigenvalue weighted by atomic mass is 32.1. The predicted octanol–water partition coefficient (Wildman–Crippen LogP) is 1.68. The van der Waals surface area contributed by atoms with Gasteiger partial charge in [0.2, 0.25) is 0 Å². The molecule has 15 heavy (non-hydrogen) atoms. The minimum absolute atomic E-state index is 0.674. The summed E-state index contributed by atoms with van der Waals surface area (Å²) in [5.74, 6) is 0. The molecule has 2 rings (SSSR count). The van der Waals surface area contributed by atoms with Gasteiger partial charge in [0, 0.05) is 30.2 Å². The zero-order chi connectivity index (χ0) is 10.5. The normalized spacial score (nSPS) is 21.8. The van der Waals surface area contributed by atoms with Gasteiger partial charge in [-0.3, -0.25) is 0 Å². The monoisotopic (exact) mass is 225 g/mol. The van der Waals surface area contributed by atoms with Gasteiger partial charge < -0.3 is 10.6 Å². The smallest absolute Gasteiger partial charge is 0.0897 e. The number of rotatable bonds is 4. The summed E-state index contributed by atoms with van der Waals surface area (Å²) < 4.78 is 0. The molecule has 0 aromatic carbocycles. The molecular formula is C11H19N3S. The molecule has 4 heteroatoms. The summed E-state index contributed by atoms with van der Waals surface area (Å²) in [6.45, 7) is 5.28. The maximum atomic E-state index is 4.24. The third kappa shape index (κ3) is 3.55. The first kappa shape index (κ1) is 11.0. The number of aryl methyl sites for hydroxylation is 1. The molecule has 0 bridgehead atoms. The van der Waals surface area contributed by atoms with E-state index in [9.17, 15) is 0 Å². The molecule has 1 atom stereocenters. The Morgan fingerprint density at radius 3 is 3.20 bits per heavy atom. The van der Waals surface area contributed by atoms with Crippen LogP contribution in [-0.2, 0) is 6.54 Å². The van der Waals surface area contributed by atoms with Crippen LogP contribution < -0.4 is 10.6 Å². The van der Waals surface area contributed by atoms with Gasteiger partial charge >= 0.3 is 0 Å².